The second kappa shape index (κ2) is 9.63. The monoisotopic (exact) mass is 546 g/mol. The Labute approximate surface area is 227 Å². The molecule has 3 N–H and O–H groups in total. The van der Waals surface area contributed by atoms with Gasteiger partial charge < -0.3 is 29.4 Å². The van der Waals surface area contributed by atoms with Gasteiger partial charge in [0, 0.05) is 42.6 Å². The zero-order valence-electron chi connectivity index (χ0n) is 22.2. The molecule has 1 unspecified atom stereocenters. The van der Waals surface area contributed by atoms with Crippen molar-refractivity contribution >= 4 is 17.3 Å². The Hall–Kier alpha value is -5.00. The third-order valence-electron chi connectivity index (χ3n) is 7.21. The van der Waals surface area contributed by atoms with Gasteiger partial charge in [-0.1, -0.05) is 11.2 Å². The van der Waals surface area contributed by atoms with Crippen LogP contribution >= 0.6 is 0 Å². The molecular weight excluding hydrogens is 520 g/mol. The molecule has 2 aliphatic rings. The first-order valence-corrected chi connectivity index (χ1v) is 12.5. The molecule has 5 rings (SSSR count). The van der Waals surface area contributed by atoms with Crippen LogP contribution in [0.2, 0.25) is 0 Å². The van der Waals surface area contributed by atoms with Gasteiger partial charge in [0.15, 0.2) is 23.2 Å². The van der Waals surface area contributed by atoms with Crippen LogP contribution in [0.1, 0.15) is 54.0 Å². The maximum absolute atomic E-state index is 13.8. The highest BCUT2D eigenvalue weighted by molar-refractivity contribution is 6.31. The van der Waals surface area contributed by atoms with Gasteiger partial charge in [-0.2, -0.15) is 4.98 Å². The van der Waals surface area contributed by atoms with Crippen molar-refractivity contribution in [2.45, 2.75) is 46.1 Å². The number of phenolic OH excluding ortho intramolecular Hbond substituents is 2. The van der Waals surface area contributed by atoms with Crippen LogP contribution in [0.4, 0.5) is 0 Å². The van der Waals surface area contributed by atoms with Crippen molar-refractivity contribution in [3.05, 3.63) is 86.3 Å². The number of allylic oxidation sites excluding steroid dienone is 4. The average Bonchev–Trinajstić information content (AvgIpc) is 3.46. The summed E-state index contributed by atoms with van der Waals surface area (Å²) in [7, 11) is 0. The fourth-order valence-electron chi connectivity index (χ4n) is 5.01. The number of nitrogens with one attached hydrogen (secondary N) is 1. The molecule has 0 fully saturated rings. The fourth-order valence-corrected chi connectivity index (χ4v) is 5.01. The normalized spacial score (nSPS) is 19.1. The summed E-state index contributed by atoms with van der Waals surface area (Å²) in [6, 6.07) is 4.78. The van der Waals surface area contributed by atoms with Crippen LogP contribution in [-0.2, 0) is 28.0 Å². The number of hydrogen-bond acceptors (Lipinski definition) is 11. The van der Waals surface area contributed by atoms with E-state index >= 15 is 0 Å². The van der Waals surface area contributed by atoms with Gasteiger partial charge in [-0.3, -0.25) is 19.2 Å². The number of ketones is 3. The molecule has 1 aliphatic heterocycles. The van der Waals surface area contributed by atoms with E-state index in [9.17, 15) is 29.4 Å². The molecule has 1 atom stereocenters. The van der Waals surface area contributed by atoms with Crippen LogP contribution in [0.5, 0.6) is 17.2 Å². The van der Waals surface area contributed by atoms with E-state index in [1.165, 1.54) is 31.4 Å². The van der Waals surface area contributed by atoms with E-state index in [1.54, 1.807) is 25.3 Å². The maximum Gasteiger partial charge on any atom is 0.250 e. The molecule has 0 bridgehead atoms. The van der Waals surface area contributed by atoms with E-state index in [-0.39, 0.29) is 64.1 Å². The minimum atomic E-state index is -1.59. The lowest BCUT2D eigenvalue weighted by Crippen LogP contribution is -2.41. The van der Waals surface area contributed by atoms with Crippen molar-refractivity contribution < 1.29 is 33.9 Å². The van der Waals surface area contributed by atoms with Crippen LogP contribution in [0.15, 0.2) is 56.8 Å². The molecule has 0 saturated heterocycles. The lowest BCUT2D eigenvalue weighted by molar-refractivity contribution is -0.123. The predicted molar refractivity (Wildman–Crippen MR) is 139 cm³/mol. The number of rotatable bonds is 7. The topological polar surface area (TPSA) is 174 Å². The zero-order valence-corrected chi connectivity index (χ0v) is 22.2. The Balaban J connectivity index is 1.38. The number of carbonyl (C=O) groups is 3. The Bertz CT molecular complexity index is 1730. The molecule has 0 radical (unpaired) electrons. The first kappa shape index (κ1) is 26.6. The summed E-state index contributed by atoms with van der Waals surface area (Å²) in [5.41, 5.74) is -1.75. The second-order valence-corrected chi connectivity index (χ2v) is 9.83. The third kappa shape index (κ3) is 4.08. The van der Waals surface area contributed by atoms with E-state index in [0.29, 0.717) is 17.9 Å². The van der Waals surface area contributed by atoms with Gasteiger partial charge in [-0.15, -0.1) is 0 Å². The van der Waals surface area contributed by atoms with Gasteiger partial charge in [0.05, 0.1) is 11.1 Å². The van der Waals surface area contributed by atoms with Crippen molar-refractivity contribution in [3.63, 3.8) is 0 Å². The van der Waals surface area contributed by atoms with Crippen LogP contribution in [0.3, 0.4) is 0 Å². The quantitative estimate of drug-likeness (QED) is 0.225. The molecule has 0 spiro atoms. The summed E-state index contributed by atoms with van der Waals surface area (Å²) in [4.78, 5) is 55.4. The fraction of sp³-hybridized carbons (Fsp3) is 0.286. The number of fused-ring (bicyclic) bond motifs is 3. The van der Waals surface area contributed by atoms with Crippen LogP contribution in [0, 0.1) is 6.92 Å². The number of Topliss-reactive ketones (excluding diaryl/α,β-unsaturated/α-hetero) is 2. The number of aromatic hydroxyl groups is 2. The first-order valence-electron chi connectivity index (χ1n) is 12.5. The number of nitrogens with zero attached hydrogens (tertiary/aromatic N) is 3. The largest absolute Gasteiger partial charge is 0.507 e. The van der Waals surface area contributed by atoms with Gasteiger partial charge in [0.25, 0.3) is 5.56 Å². The summed E-state index contributed by atoms with van der Waals surface area (Å²) >= 11 is 0. The highest BCUT2D eigenvalue weighted by Gasteiger charge is 2.56. The van der Waals surface area contributed by atoms with Crippen molar-refractivity contribution in [1.29, 1.82) is 0 Å². The molecule has 3 aromatic rings. The molecular formula is C28H26N4O8. The van der Waals surface area contributed by atoms with Gasteiger partial charge in [-0.05, 0) is 33.8 Å². The first-order chi connectivity index (χ1) is 18.9. The number of hydrogen-bond donors (Lipinski definition) is 3. The molecule has 3 heterocycles. The maximum atomic E-state index is 13.8. The van der Waals surface area contributed by atoms with Crippen LogP contribution in [-0.4, -0.2) is 48.8 Å². The Morgan fingerprint density at radius 2 is 1.90 bits per heavy atom. The summed E-state index contributed by atoms with van der Waals surface area (Å²) < 4.78 is 12.4. The molecule has 0 amide bonds. The molecule has 40 heavy (non-hydrogen) atoms. The Morgan fingerprint density at radius 3 is 2.60 bits per heavy atom. The van der Waals surface area contributed by atoms with Gasteiger partial charge in [-0.25, -0.2) is 0 Å². The minimum Gasteiger partial charge on any atom is -0.507 e. The molecule has 12 nitrogen and oxygen atoms in total. The van der Waals surface area contributed by atoms with Crippen molar-refractivity contribution in [3.8, 4) is 17.2 Å². The average molecular weight is 547 g/mol. The lowest BCUT2D eigenvalue weighted by Gasteiger charge is -2.29. The van der Waals surface area contributed by atoms with Crippen molar-refractivity contribution in [2.24, 2.45) is 0 Å². The SMILES string of the molecule is CC(=O)c1c(O)c(C)c(O)c2c1OC1=CC(=O)C(=C(C)NCCc3noc(Cn4ccccc4=O)n3)C(=O)C12C. The van der Waals surface area contributed by atoms with Crippen LogP contribution in [0.25, 0.3) is 0 Å². The number of benzene rings is 1. The molecule has 2 aromatic heterocycles. The zero-order chi connectivity index (χ0) is 28.9. The number of ether oxygens (including phenoxy) is 1. The predicted octanol–water partition coefficient (Wildman–Crippen LogP) is 1.99. The molecule has 12 heteroatoms. The molecule has 1 aromatic carbocycles. The van der Waals surface area contributed by atoms with E-state index in [1.807, 2.05) is 0 Å². The Kier molecular flexibility index (Phi) is 6.41. The number of aromatic nitrogens is 3. The number of carbonyl (C=O) groups excluding carboxylic acids is 3. The number of phenols is 2. The van der Waals surface area contributed by atoms with Gasteiger partial charge in [0.2, 0.25) is 5.89 Å². The summed E-state index contributed by atoms with van der Waals surface area (Å²) in [5.74, 6) is -2.12. The minimum absolute atomic E-state index is 0.0247. The van der Waals surface area contributed by atoms with E-state index < -0.39 is 28.5 Å². The summed E-state index contributed by atoms with van der Waals surface area (Å²) in [5, 5.41) is 28.4. The Morgan fingerprint density at radius 1 is 1.15 bits per heavy atom. The highest BCUT2D eigenvalue weighted by Crippen LogP contribution is 2.57. The molecule has 206 valence electrons. The smallest absolute Gasteiger partial charge is 0.250 e. The molecule has 1 aliphatic carbocycles. The van der Waals surface area contributed by atoms with E-state index in [0.717, 1.165) is 6.08 Å². The number of pyridine rings is 1. The van der Waals surface area contributed by atoms with Gasteiger partial charge >= 0.3 is 0 Å². The van der Waals surface area contributed by atoms with Crippen molar-refractivity contribution in [1.82, 2.24) is 20.0 Å². The van der Waals surface area contributed by atoms with Crippen molar-refractivity contribution in [2.75, 3.05) is 6.54 Å². The van der Waals surface area contributed by atoms with Crippen LogP contribution < -0.4 is 15.6 Å². The van der Waals surface area contributed by atoms with E-state index in [2.05, 4.69) is 15.5 Å². The molecule has 0 saturated carbocycles. The highest BCUT2D eigenvalue weighted by atomic mass is 16.5. The second-order valence-electron chi connectivity index (χ2n) is 9.83. The standard InChI is InChI=1S/C28H26N4O8/c1-13-24(36)22(15(3)33)26-23(25(13)37)28(4)17(39-26)11-16(34)21(27(28)38)14(2)29-9-8-18-30-19(40-31-18)12-32-10-6-5-7-20(32)35/h5-7,10-11,29,36-37H,8-9,12H2,1-4H3. The summed E-state index contributed by atoms with van der Waals surface area (Å²) in [6.07, 6.45) is 3.07. The van der Waals surface area contributed by atoms with Gasteiger partial charge in [0.1, 0.15) is 40.5 Å². The third-order valence-corrected chi connectivity index (χ3v) is 7.21. The summed E-state index contributed by atoms with van der Waals surface area (Å²) in [6.45, 7) is 6.12. The lowest BCUT2D eigenvalue weighted by atomic mass is 9.70. The van der Waals surface area contributed by atoms with E-state index in [4.69, 9.17) is 9.26 Å².